The number of hydrogen-bond donors (Lipinski definition) is 0. The predicted molar refractivity (Wildman–Crippen MR) is 65.4 cm³/mol. The van der Waals surface area contributed by atoms with Gasteiger partial charge in [0.2, 0.25) is 0 Å². The molecule has 17 heavy (non-hydrogen) atoms. The molecule has 4 bridgehead atoms. The predicted octanol–water partition coefficient (Wildman–Crippen LogP) is 2.85. The fourth-order valence-electron chi connectivity index (χ4n) is 5.24. The van der Waals surface area contributed by atoms with E-state index < -0.39 is 0 Å². The third-order valence-corrected chi connectivity index (χ3v) is 6.34. The van der Waals surface area contributed by atoms with E-state index in [0.717, 1.165) is 12.8 Å². The SMILES string of the molecule is CC1C(=O)CC2C3C1C2(C)CCC(=O)C3(C)C. The first-order valence-corrected chi connectivity index (χ1v) is 6.86. The molecule has 0 radical (unpaired) electrons. The van der Waals surface area contributed by atoms with Crippen LogP contribution in [0, 0.1) is 34.5 Å². The second-order valence-electron chi connectivity index (χ2n) is 7.27. The topological polar surface area (TPSA) is 34.1 Å². The molecule has 0 amide bonds. The molecule has 0 spiro atoms. The van der Waals surface area contributed by atoms with E-state index in [0.29, 0.717) is 35.7 Å². The Balaban J connectivity index is 2.07. The summed E-state index contributed by atoms with van der Waals surface area (Å²) in [4.78, 5) is 24.2. The number of Topliss-reactive ketones (excluding diaryl/α,β-unsaturated/α-hetero) is 2. The average Bonchev–Trinajstić information content (AvgIpc) is 2.37. The lowest BCUT2D eigenvalue weighted by Gasteiger charge is -2.67. The van der Waals surface area contributed by atoms with Gasteiger partial charge in [0.05, 0.1) is 0 Å². The van der Waals surface area contributed by atoms with Gasteiger partial charge in [-0.25, -0.2) is 0 Å². The zero-order valence-corrected chi connectivity index (χ0v) is 11.2. The summed E-state index contributed by atoms with van der Waals surface area (Å²) in [5.41, 5.74) is 0.0573. The van der Waals surface area contributed by atoms with E-state index in [1.165, 1.54) is 0 Å². The molecule has 0 aromatic heterocycles. The second-order valence-corrected chi connectivity index (χ2v) is 7.27. The molecular weight excluding hydrogens is 212 g/mol. The zero-order valence-electron chi connectivity index (χ0n) is 11.2. The molecule has 5 atom stereocenters. The highest BCUT2D eigenvalue weighted by molar-refractivity contribution is 5.88. The van der Waals surface area contributed by atoms with Crippen molar-refractivity contribution in [3.05, 3.63) is 0 Å². The lowest BCUT2D eigenvalue weighted by molar-refractivity contribution is -0.204. The molecule has 2 heteroatoms. The highest BCUT2D eigenvalue weighted by atomic mass is 16.1. The van der Waals surface area contributed by atoms with Gasteiger partial charge < -0.3 is 0 Å². The fourth-order valence-corrected chi connectivity index (χ4v) is 5.24. The Labute approximate surface area is 103 Å². The molecule has 0 aromatic rings. The molecule has 2 nitrogen and oxygen atoms in total. The second kappa shape index (κ2) is 3.02. The van der Waals surface area contributed by atoms with Crippen LogP contribution in [0.25, 0.3) is 0 Å². The fraction of sp³-hybridized carbons (Fsp3) is 0.867. The third kappa shape index (κ3) is 1.12. The van der Waals surface area contributed by atoms with Crippen molar-refractivity contribution in [2.24, 2.45) is 34.5 Å². The summed E-state index contributed by atoms with van der Waals surface area (Å²) >= 11 is 0. The van der Waals surface area contributed by atoms with Gasteiger partial charge in [-0.15, -0.1) is 0 Å². The van der Waals surface area contributed by atoms with Crippen LogP contribution in [0.2, 0.25) is 0 Å². The molecule has 4 rings (SSSR count). The molecule has 0 aromatic carbocycles. The molecule has 4 aliphatic rings. The number of carbonyl (C=O) groups is 2. The summed E-state index contributed by atoms with van der Waals surface area (Å²) in [5, 5.41) is 0. The highest BCUT2D eigenvalue weighted by Gasteiger charge is 2.70. The number of carbonyl (C=O) groups excluding carboxylic acids is 2. The van der Waals surface area contributed by atoms with E-state index in [4.69, 9.17) is 0 Å². The van der Waals surface area contributed by atoms with Gasteiger partial charge in [0.25, 0.3) is 0 Å². The smallest absolute Gasteiger partial charge is 0.138 e. The van der Waals surface area contributed by atoms with Crippen molar-refractivity contribution in [1.82, 2.24) is 0 Å². The monoisotopic (exact) mass is 234 g/mol. The highest BCUT2D eigenvalue weighted by Crippen LogP contribution is 2.72. The Bertz CT molecular complexity index is 409. The molecule has 0 aliphatic heterocycles. The Kier molecular flexibility index (Phi) is 2.03. The molecule has 4 aliphatic carbocycles. The van der Waals surface area contributed by atoms with Gasteiger partial charge in [-0.05, 0) is 29.6 Å². The molecule has 4 saturated carbocycles. The van der Waals surface area contributed by atoms with Crippen LogP contribution < -0.4 is 0 Å². The maximum Gasteiger partial charge on any atom is 0.138 e. The van der Waals surface area contributed by atoms with E-state index in [2.05, 4.69) is 27.7 Å². The van der Waals surface area contributed by atoms with E-state index in [9.17, 15) is 9.59 Å². The van der Waals surface area contributed by atoms with Crippen LogP contribution in [-0.2, 0) is 9.59 Å². The van der Waals surface area contributed by atoms with Crippen LogP contribution in [0.3, 0.4) is 0 Å². The number of ketones is 2. The molecule has 5 unspecified atom stereocenters. The Morgan fingerprint density at radius 1 is 1.12 bits per heavy atom. The average molecular weight is 234 g/mol. The van der Waals surface area contributed by atoms with Crippen molar-refractivity contribution >= 4 is 11.6 Å². The summed E-state index contributed by atoms with van der Waals surface area (Å²) < 4.78 is 0. The summed E-state index contributed by atoms with van der Waals surface area (Å²) in [5.74, 6) is 2.39. The number of rotatable bonds is 0. The molecule has 4 fully saturated rings. The molecule has 0 heterocycles. The normalized spacial score (nSPS) is 51.8. The Morgan fingerprint density at radius 3 is 2.35 bits per heavy atom. The van der Waals surface area contributed by atoms with E-state index >= 15 is 0 Å². The van der Waals surface area contributed by atoms with Crippen molar-refractivity contribution < 1.29 is 9.59 Å². The third-order valence-electron chi connectivity index (χ3n) is 6.34. The lowest BCUT2D eigenvalue weighted by Crippen LogP contribution is -2.66. The van der Waals surface area contributed by atoms with Gasteiger partial charge in [0.1, 0.15) is 11.6 Å². The first-order valence-electron chi connectivity index (χ1n) is 6.86. The summed E-state index contributed by atoms with van der Waals surface area (Å²) in [6, 6.07) is 0. The van der Waals surface area contributed by atoms with Crippen LogP contribution in [0.15, 0.2) is 0 Å². The Hall–Kier alpha value is -0.660. The first-order chi connectivity index (χ1) is 7.80. The maximum atomic E-state index is 12.2. The molecule has 0 saturated heterocycles. The van der Waals surface area contributed by atoms with Crippen molar-refractivity contribution in [3.8, 4) is 0 Å². The van der Waals surface area contributed by atoms with Gasteiger partial charge in [-0.1, -0.05) is 27.7 Å². The largest absolute Gasteiger partial charge is 0.299 e. The summed E-state index contributed by atoms with van der Waals surface area (Å²) in [7, 11) is 0. The summed E-state index contributed by atoms with van der Waals surface area (Å²) in [6.45, 7) is 8.61. The van der Waals surface area contributed by atoms with Crippen LogP contribution in [0.5, 0.6) is 0 Å². The van der Waals surface area contributed by atoms with Crippen molar-refractivity contribution in [1.29, 1.82) is 0 Å². The van der Waals surface area contributed by atoms with Crippen LogP contribution in [0.4, 0.5) is 0 Å². The minimum Gasteiger partial charge on any atom is -0.299 e. The van der Waals surface area contributed by atoms with Crippen molar-refractivity contribution in [3.63, 3.8) is 0 Å². The number of fused-ring (bicyclic) bond motifs is 2. The first kappa shape index (κ1) is 11.4. The lowest BCUT2D eigenvalue weighted by atomic mass is 9.36. The molecule has 0 N–H and O–H groups in total. The van der Waals surface area contributed by atoms with Crippen molar-refractivity contribution in [2.75, 3.05) is 0 Å². The van der Waals surface area contributed by atoms with Crippen LogP contribution in [0.1, 0.15) is 47.0 Å². The van der Waals surface area contributed by atoms with Crippen molar-refractivity contribution in [2.45, 2.75) is 47.0 Å². The zero-order chi connectivity index (χ0) is 12.6. The van der Waals surface area contributed by atoms with Gasteiger partial charge in [-0.3, -0.25) is 9.59 Å². The maximum absolute atomic E-state index is 12.2. The Morgan fingerprint density at radius 2 is 1.76 bits per heavy atom. The van der Waals surface area contributed by atoms with E-state index in [-0.39, 0.29) is 16.7 Å². The molecule has 94 valence electrons. The van der Waals surface area contributed by atoms with E-state index in [1.54, 1.807) is 0 Å². The minimum atomic E-state index is -0.208. The van der Waals surface area contributed by atoms with Crippen LogP contribution in [-0.4, -0.2) is 11.6 Å². The van der Waals surface area contributed by atoms with E-state index in [1.807, 2.05) is 0 Å². The minimum absolute atomic E-state index is 0.167. The van der Waals surface area contributed by atoms with Crippen LogP contribution >= 0.6 is 0 Å². The standard InChI is InChI=1S/C15H22O2/c1-8-10(16)7-9-13-12(8)15(9,4)6-5-11(17)14(13,2)3/h8-9,12-13H,5-7H2,1-4H3. The van der Waals surface area contributed by atoms with Gasteiger partial charge in [-0.2, -0.15) is 0 Å². The van der Waals surface area contributed by atoms with Gasteiger partial charge in [0.15, 0.2) is 0 Å². The summed E-state index contributed by atoms with van der Waals surface area (Å²) in [6.07, 6.45) is 2.43. The molecular formula is C15H22O2. The number of hydrogen-bond acceptors (Lipinski definition) is 2. The van der Waals surface area contributed by atoms with Gasteiger partial charge in [0, 0.05) is 24.2 Å². The quantitative estimate of drug-likeness (QED) is 0.646. The van der Waals surface area contributed by atoms with Gasteiger partial charge >= 0.3 is 0 Å².